The molecule has 5 N–H and O–H groups in total. The van der Waals surface area contributed by atoms with E-state index in [9.17, 15) is 29.7 Å². The quantitative estimate of drug-likeness (QED) is 0.174. The molecule has 0 aromatic carbocycles. The van der Waals surface area contributed by atoms with Crippen molar-refractivity contribution in [3.05, 3.63) is 0 Å². The minimum atomic E-state index is -1.32. The Balaban J connectivity index is 1.57. The third-order valence-corrected chi connectivity index (χ3v) is 7.13. The van der Waals surface area contributed by atoms with Crippen molar-refractivity contribution in [1.82, 2.24) is 10.6 Å². The minimum absolute atomic E-state index is 0.0627. The number of ether oxygens (including phenoxy) is 5. The number of hydrogen-bond acceptors (Lipinski definition) is 11. The zero-order valence-electron chi connectivity index (χ0n) is 23.3. The van der Waals surface area contributed by atoms with E-state index in [1.807, 2.05) is 27.7 Å². The van der Waals surface area contributed by atoms with Gasteiger partial charge in [-0.05, 0) is 33.1 Å². The van der Waals surface area contributed by atoms with Crippen molar-refractivity contribution >= 4 is 17.6 Å². The van der Waals surface area contributed by atoms with Crippen LogP contribution in [0.15, 0.2) is 0 Å². The number of aliphatic hydroxyl groups is 3. The number of carbonyl (C=O) groups excluding carboxylic acids is 3. The van der Waals surface area contributed by atoms with Gasteiger partial charge in [-0.1, -0.05) is 13.8 Å². The number of carbonyl (C=O) groups is 3. The van der Waals surface area contributed by atoms with E-state index >= 15 is 0 Å². The second-order valence-electron chi connectivity index (χ2n) is 11.0. The van der Waals surface area contributed by atoms with Crippen LogP contribution >= 0.6 is 0 Å². The molecule has 0 aliphatic carbocycles. The van der Waals surface area contributed by atoms with Gasteiger partial charge in [-0.2, -0.15) is 0 Å². The van der Waals surface area contributed by atoms with Crippen LogP contribution in [0.3, 0.4) is 0 Å². The first-order valence-electron chi connectivity index (χ1n) is 13.7. The van der Waals surface area contributed by atoms with Gasteiger partial charge in [-0.3, -0.25) is 9.59 Å². The van der Waals surface area contributed by atoms with Crippen LogP contribution in [0.4, 0.5) is 0 Å². The molecular formula is C26H44N2O11. The van der Waals surface area contributed by atoms with Crippen LogP contribution in [0.5, 0.6) is 0 Å². The Morgan fingerprint density at radius 2 is 1.62 bits per heavy atom. The summed E-state index contributed by atoms with van der Waals surface area (Å²) in [6, 6.07) is 0. The van der Waals surface area contributed by atoms with Crippen LogP contribution in [0.2, 0.25) is 0 Å². The summed E-state index contributed by atoms with van der Waals surface area (Å²) in [6.07, 6.45) is -8.79. The highest BCUT2D eigenvalue weighted by Crippen LogP contribution is 2.37. The highest BCUT2D eigenvalue weighted by atomic mass is 16.8. The molecular weight excluding hydrogens is 516 g/mol. The summed E-state index contributed by atoms with van der Waals surface area (Å²) in [4.78, 5) is 35.7. The largest absolute Gasteiger partial charge is 0.389 e. The molecule has 2 bridgehead atoms. The Labute approximate surface area is 228 Å². The fourth-order valence-electron chi connectivity index (χ4n) is 5.14. The Bertz CT molecular complexity index is 841. The van der Waals surface area contributed by atoms with Gasteiger partial charge in [0.2, 0.25) is 5.91 Å². The second kappa shape index (κ2) is 14.3. The molecule has 4 unspecified atom stereocenters. The van der Waals surface area contributed by atoms with E-state index in [0.29, 0.717) is 13.0 Å². The fourth-order valence-corrected chi connectivity index (χ4v) is 5.14. The van der Waals surface area contributed by atoms with Gasteiger partial charge in [0.15, 0.2) is 18.7 Å². The van der Waals surface area contributed by atoms with Crippen LogP contribution in [0.25, 0.3) is 0 Å². The van der Waals surface area contributed by atoms with Gasteiger partial charge in [0.25, 0.3) is 5.91 Å². The molecule has 13 heteroatoms. The first-order valence-corrected chi connectivity index (χ1v) is 13.7. The molecule has 10 atom stereocenters. The van der Waals surface area contributed by atoms with Gasteiger partial charge in [-0.25, -0.2) is 0 Å². The summed E-state index contributed by atoms with van der Waals surface area (Å²) < 4.78 is 29.0. The van der Waals surface area contributed by atoms with Crippen LogP contribution < -0.4 is 10.6 Å². The maximum atomic E-state index is 13.0. The maximum absolute atomic E-state index is 13.0. The molecule has 39 heavy (non-hydrogen) atoms. The topological polar surface area (TPSA) is 182 Å². The average Bonchev–Trinajstić information content (AvgIpc) is 3.16. The number of amides is 2. The SMILES string of the molecule is CC(=O)CCC(=O)NCCCNC(=O)C1O[C@@H](O[C@H]2C3OC[C@H]2O[C@@H](OC(C)C)C3O)C(O)[C@@H](C(C)C)[C@H]1O. The summed E-state index contributed by atoms with van der Waals surface area (Å²) in [6.45, 7) is 9.36. The standard InChI is InChI=1S/C26H44N2O11/c1-12(2)17-18(31)23(24(34)28-10-6-9-27-16(30)8-7-14(5)29)39-25(19(17)32)38-21-15-11-35-22(21)20(33)26(37-15)36-13(3)4/h12-13,15,17-23,25-26,31-33H,6-11H2,1-5H3,(H,27,30)(H,28,34)/t15-,17+,18-,19?,20?,21-,22?,23?,25-,26-/m1/s1. The lowest BCUT2D eigenvalue weighted by Crippen LogP contribution is -2.63. The van der Waals surface area contributed by atoms with Gasteiger partial charge in [0.05, 0.1) is 18.8 Å². The molecule has 3 fully saturated rings. The Kier molecular flexibility index (Phi) is 11.6. The monoisotopic (exact) mass is 560 g/mol. The van der Waals surface area contributed by atoms with Gasteiger partial charge >= 0.3 is 0 Å². The zero-order valence-corrected chi connectivity index (χ0v) is 23.3. The predicted octanol–water partition coefficient (Wildman–Crippen LogP) is -1.01. The number of ketones is 1. The van der Waals surface area contributed by atoms with Crippen molar-refractivity contribution in [2.45, 2.75) is 115 Å². The van der Waals surface area contributed by atoms with Crippen molar-refractivity contribution in [3.63, 3.8) is 0 Å². The van der Waals surface area contributed by atoms with Gasteiger partial charge in [0.1, 0.15) is 36.3 Å². The molecule has 224 valence electrons. The van der Waals surface area contributed by atoms with Crippen molar-refractivity contribution in [2.75, 3.05) is 19.7 Å². The molecule has 0 radical (unpaired) electrons. The van der Waals surface area contributed by atoms with Crippen LogP contribution in [0.1, 0.15) is 53.9 Å². The lowest BCUT2D eigenvalue weighted by Gasteiger charge is -2.46. The molecule has 2 amide bonds. The van der Waals surface area contributed by atoms with E-state index in [2.05, 4.69) is 10.6 Å². The molecule has 3 heterocycles. The molecule has 3 aliphatic rings. The molecule has 3 aliphatic heterocycles. The number of hydrogen-bond donors (Lipinski definition) is 5. The summed E-state index contributed by atoms with van der Waals surface area (Å²) in [5.41, 5.74) is 0. The summed E-state index contributed by atoms with van der Waals surface area (Å²) in [7, 11) is 0. The first kappa shape index (κ1) is 31.8. The van der Waals surface area contributed by atoms with Crippen LogP contribution in [-0.2, 0) is 38.1 Å². The molecule has 0 aromatic heterocycles. The van der Waals surface area contributed by atoms with Crippen LogP contribution in [-0.4, -0.2) is 114 Å². The highest BCUT2D eigenvalue weighted by Gasteiger charge is 2.56. The van der Waals surface area contributed by atoms with E-state index in [1.54, 1.807) is 0 Å². The predicted molar refractivity (Wildman–Crippen MR) is 135 cm³/mol. The van der Waals surface area contributed by atoms with Gasteiger partial charge < -0.3 is 54.4 Å². The normalized spacial score (nSPS) is 36.3. The fraction of sp³-hybridized carbons (Fsp3) is 0.885. The summed E-state index contributed by atoms with van der Waals surface area (Å²) >= 11 is 0. The maximum Gasteiger partial charge on any atom is 0.251 e. The second-order valence-corrected chi connectivity index (χ2v) is 11.0. The number of nitrogens with one attached hydrogen (secondary N) is 2. The highest BCUT2D eigenvalue weighted by molar-refractivity contribution is 5.83. The Morgan fingerprint density at radius 3 is 2.26 bits per heavy atom. The van der Waals surface area contributed by atoms with E-state index in [-0.39, 0.29) is 49.7 Å². The molecule has 0 aromatic rings. The molecule has 3 saturated heterocycles. The molecule has 0 saturated carbocycles. The van der Waals surface area contributed by atoms with E-state index in [4.69, 9.17) is 23.7 Å². The molecule has 0 spiro atoms. The Hall–Kier alpha value is -1.71. The third kappa shape index (κ3) is 8.17. The average molecular weight is 561 g/mol. The van der Waals surface area contributed by atoms with Gasteiger partial charge in [0, 0.05) is 31.8 Å². The molecule has 13 nitrogen and oxygen atoms in total. The first-order chi connectivity index (χ1) is 18.4. The van der Waals surface area contributed by atoms with Crippen molar-refractivity contribution in [1.29, 1.82) is 0 Å². The molecule has 3 rings (SSSR count). The zero-order chi connectivity index (χ0) is 28.9. The van der Waals surface area contributed by atoms with Gasteiger partial charge in [-0.15, -0.1) is 0 Å². The summed E-state index contributed by atoms with van der Waals surface area (Å²) in [5.74, 6) is -1.83. The lowest BCUT2D eigenvalue weighted by molar-refractivity contribution is -0.333. The number of fused-ring (bicyclic) bond motifs is 2. The van der Waals surface area contributed by atoms with Crippen molar-refractivity contribution in [3.8, 4) is 0 Å². The van der Waals surface area contributed by atoms with Crippen LogP contribution in [0, 0.1) is 11.8 Å². The number of aliphatic hydroxyl groups excluding tert-OH is 3. The number of Topliss-reactive ketones (excluding diaryl/α,β-unsaturated/α-hetero) is 1. The smallest absolute Gasteiger partial charge is 0.251 e. The summed E-state index contributed by atoms with van der Waals surface area (Å²) in [5, 5.41) is 38.1. The minimum Gasteiger partial charge on any atom is -0.389 e. The Morgan fingerprint density at radius 1 is 0.923 bits per heavy atom. The van der Waals surface area contributed by atoms with E-state index in [1.165, 1.54) is 6.92 Å². The van der Waals surface area contributed by atoms with E-state index in [0.717, 1.165) is 0 Å². The lowest BCUT2D eigenvalue weighted by atomic mass is 9.80. The third-order valence-electron chi connectivity index (χ3n) is 7.13. The van der Waals surface area contributed by atoms with E-state index < -0.39 is 67.1 Å². The number of rotatable bonds is 13. The van der Waals surface area contributed by atoms with Crippen molar-refractivity contribution in [2.24, 2.45) is 11.8 Å². The van der Waals surface area contributed by atoms with Crippen molar-refractivity contribution < 1.29 is 53.4 Å².